The van der Waals surface area contributed by atoms with Crippen molar-refractivity contribution in [3.8, 4) is 0 Å². The summed E-state index contributed by atoms with van der Waals surface area (Å²) in [5.41, 5.74) is 4.16. The number of benzene rings is 1. The molecule has 0 saturated carbocycles. The summed E-state index contributed by atoms with van der Waals surface area (Å²) in [4.78, 5) is 9.30. The van der Waals surface area contributed by atoms with Crippen LogP contribution in [-0.4, -0.2) is 47.8 Å². The lowest BCUT2D eigenvalue weighted by Gasteiger charge is -2.36. The maximum atomic E-state index is 13.4. The number of hydrogen-bond donors (Lipinski definition) is 0. The highest BCUT2D eigenvalue weighted by molar-refractivity contribution is 5.88. The van der Waals surface area contributed by atoms with Gasteiger partial charge in [-0.15, -0.1) is 0 Å². The van der Waals surface area contributed by atoms with Gasteiger partial charge in [0.1, 0.15) is 5.82 Å². The maximum absolute atomic E-state index is 13.4. The van der Waals surface area contributed by atoms with Crippen molar-refractivity contribution in [3.63, 3.8) is 0 Å². The van der Waals surface area contributed by atoms with Crippen LogP contribution < -0.4 is 4.90 Å². The Balaban J connectivity index is 1.17. The molecule has 0 amide bonds. The number of anilines is 1. The number of aromatic nitrogens is 2. The van der Waals surface area contributed by atoms with Crippen LogP contribution >= 0.6 is 0 Å². The summed E-state index contributed by atoms with van der Waals surface area (Å²) >= 11 is 0. The molecule has 150 valence electrons. The van der Waals surface area contributed by atoms with Crippen LogP contribution in [0.3, 0.4) is 0 Å². The zero-order valence-electron chi connectivity index (χ0n) is 16.5. The topological polar surface area (TPSA) is 45.4 Å². The molecular formula is C23H25FN4O. The monoisotopic (exact) mass is 392 g/mol. The third-order valence-corrected chi connectivity index (χ3v) is 6.33. The number of rotatable bonds is 4. The SMILES string of the molecule is C=C1c2ncccc2CCC1CCN1CCN(c2noc3cc(F)ccc23)CC1. The molecule has 1 aliphatic carbocycles. The molecule has 2 aromatic heterocycles. The number of fused-ring (bicyclic) bond motifs is 2. The van der Waals surface area contributed by atoms with E-state index in [1.165, 1.54) is 29.7 Å². The Morgan fingerprint density at radius 1 is 1.17 bits per heavy atom. The van der Waals surface area contributed by atoms with Crippen molar-refractivity contribution in [2.75, 3.05) is 37.6 Å². The fraction of sp³-hybridized carbons (Fsp3) is 0.391. The lowest BCUT2D eigenvalue weighted by molar-refractivity contribution is 0.243. The van der Waals surface area contributed by atoms with E-state index in [0.717, 1.165) is 62.5 Å². The Labute approximate surface area is 169 Å². The van der Waals surface area contributed by atoms with Gasteiger partial charge in [-0.3, -0.25) is 9.88 Å². The molecule has 1 atom stereocenters. The first-order valence-electron chi connectivity index (χ1n) is 10.3. The Morgan fingerprint density at radius 3 is 2.90 bits per heavy atom. The smallest absolute Gasteiger partial charge is 0.180 e. The van der Waals surface area contributed by atoms with Gasteiger partial charge >= 0.3 is 0 Å². The van der Waals surface area contributed by atoms with E-state index in [9.17, 15) is 4.39 Å². The molecule has 1 aliphatic heterocycles. The van der Waals surface area contributed by atoms with Gasteiger partial charge in [-0.2, -0.15) is 0 Å². The van der Waals surface area contributed by atoms with E-state index in [1.807, 2.05) is 12.3 Å². The van der Waals surface area contributed by atoms with Crippen LogP contribution in [0, 0.1) is 11.7 Å². The van der Waals surface area contributed by atoms with Crippen molar-refractivity contribution in [3.05, 3.63) is 60.2 Å². The summed E-state index contributed by atoms with van der Waals surface area (Å²) in [6.07, 6.45) is 5.26. The van der Waals surface area contributed by atoms with Gasteiger partial charge in [0, 0.05) is 38.4 Å². The Hall–Kier alpha value is -2.73. The van der Waals surface area contributed by atoms with Crippen LogP contribution in [0.5, 0.6) is 0 Å². The second kappa shape index (κ2) is 7.59. The van der Waals surface area contributed by atoms with Crippen molar-refractivity contribution in [1.82, 2.24) is 15.0 Å². The normalized spacial score (nSPS) is 20.2. The van der Waals surface area contributed by atoms with Crippen LogP contribution in [0.25, 0.3) is 16.5 Å². The van der Waals surface area contributed by atoms with Gasteiger partial charge in [-0.05, 0) is 61.1 Å². The molecule has 0 spiro atoms. The second-order valence-corrected chi connectivity index (χ2v) is 8.04. The average Bonchev–Trinajstić information content (AvgIpc) is 3.17. The Bertz CT molecular complexity index is 1040. The van der Waals surface area contributed by atoms with Gasteiger partial charge in [0.15, 0.2) is 11.4 Å². The molecule has 0 N–H and O–H groups in total. The Kier molecular flexibility index (Phi) is 4.79. The van der Waals surface area contributed by atoms with Crippen molar-refractivity contribution in [2.45, 2.75) is 19.3 Å². The van der Waals surface area contributed by atoms with Crippen molar-refractivity contribution >= 4 is 22.4 Å². The zero-order valence-corrected chi connectivity index (χ0v) is 16.5. The van der Waals surface area contributed by atoms with E-state index in [2.05, 4.69) is 32.6 Å². The lowest BCUT2D eigenvalue weighted by Crippen LogP contribution is -2.47. The van der Waals surface area contributed by atoms with E-state index in [0.29, 0.717) is 11.5 Å². The summed E-state index contributed by atoms with van der Waals surface area (Å²) in [6, 6.07) is 8.80. The number of halogens is 1. The third kappa shape index (κ3) is 3.53. The number of allylic oxidation sites excluding steroid dienone is 1. The van der Waals surface area contributed by atoms with Crippen LogP contribution in [0.2, 0.25) is 0 Å². The van der Waals surface area contributed by atoms with Gasteiger partial charge in [0.2, 0.25) is 0 Å². The predicted molar refractivity (Wildman–Crippen MR) is 112 cm³/mol. The standard InChI is InChI=1S/C23H25FN4O/c1-16-17(4-5-18-3-2-9-25-22(16)18)8-10-27-11-13-28(14-12-27)23-20-7-6-19(24)15-21(20)29-26-23/h2-3,6-7,9,15,17H,1,4-5,8,10-14H2. The van der Waals surface area contributed by atoms with Gasteiger partial charge in [-0.1, -0.05) is 17.8 Å². The minimum absolute atomic E-state index is 0.299. The average molecular weight is 392 g/mol. The molecule has 0 radical (unpaired) electrons. The third-order valence-electron chi connectivity index (χ3n) is 6.33. The first kappa shape index (κ1) is 18.3. The minimum atomic E-state index is -0.299. The fourth-order valence-corrected chi connectivity index (χ4v) is 4.59. The molecule has 1 unspecified atom stereocenters. The number of pyridine rings is 1. The minimum Gasteiger partial charge on any atom is -0.354 e. The number of piperazine rings is 1. The molecule has 5 nitrogen and oxygen atoms in total. The first-order valence-corrected chi connectivity index (χ1v) is 10.3. The summed E-state index contributed by atoms with van der Waals surface area (Å²) in [5.74, 6) is 1.04. The van der Waals surface area contributed by atoms with E-state index >= 15 is 0 Å². The summed E-state index contributed by atoms with van der Waals surface area (Å²) in [5, 5.41) is 5.06. The van der Waals surface area contributed by atoms with Crippen LogP contribution in [-0.2, 0) is 6.42 Å². The molecule has 5 rings (SSSR count). The van der Waals surface area contributed by atoms with E-state index in [1.54, 1.807) is 6.07 Å². The summed E-state index contributed by atoms with van der Waals surface area (Å²) in [7, 11) is 0. The predicted octanol–water partition coefficient (Wildman–Crippen LogP) is 4.15. The molecular weight excluding hydrogens is 367 g/mol. The van der Waals surface area contributed by atoms with Crippen molar-refractivity contribution in [1.29, 1.82) is 0 Å². The van der Waals surface area contributed by atoms with Gasteiger partial charge in [0.25, 0.3) is 0 Å². The number of hydrogen-bond acceptors (Lipinski definition) is 5. The molecule has 3 heterocycles. The highest BCUT2D eigenvalue weighted by Crippen LogP contribution is 2.35. The van der Waals surface area contributed by atoms with Crippen LogP contribution in [0.4, 0.5) is 10.2 Å². The molecule has 29 heavy (non-hydrogen) atoms. The fourth-order valence-electron chi connectivity index (χ4n) is 4.59. The summed E-state index contributed by atoms with van der Waals surface area (Å²) < 4.78 is 18.7. The van der Waals surface area contributed by atoms with Crippen LogP contribution in [0.15, 0.2) is 47.6 Å². The zero-order chi connectivity index (χ0) is 19.8. The van der Waals surface area contributed by atoms with E-state index < -0.39 is 0 Å². The van der Waals surface area contributed by atoms with Crippen molar-refractivity contribution in [2.24, 2.45) is 5.92 Å². The van der Waals surface area contributed by atoms with Gasteiger partial charge in [-0.25, -0.2) is 4.39 Å². The quantitative estimate of drug-likeness (QED) is 0.667. The van der Waals surface area contributed by atoms with Crippen molar-refractivity contribution < 1.29 is 8.91 Å². The van der Waals surface area contributed by atoms with Crippen LogP contribution in [0.1, 0.15) is 24.1 Å². The largest absolute Gasteiger partial charge is 0.354 e. The van der Waals surface area contributed by atoms with Gasteiger partial charge in [0.05, 0.1) is 11.1 Å². The molecule has 1 aromatic carbocycles. The molecule has 6 heteroatoms. The number of aryl methyl sites for hydroxylation is 1. The molecule has 2 aliphatic rings. The highest BCUT2D eigenvalue weighted by atomic mass is 19.1. The Morgan fingerprint density at radius 2 is 2.03 bits per heavy atom. The van der Waals surface area contributed by atoms with E-state index in [-0.39, 0.29) is 5.82 Å². The summed E-state index contributed by atoms with van der Waals surface area (Å²) in [6.45, 7) is 9.20. The first-order chi connectivity index (χ1) is 14.2. The molecule has 1 fully saturated rings. The molecule has 1 saturated heterocycles. The van der Waals surface area contributed by atoms with E-state index in [4.69, 9.17) is 4.52 Å². The van der Waals surface area contributed by atoms with Gasteiger partial charge < -0.3 is 9.42 Å². The highest BCUT2D eigenvalue weighted by Gasteiger charge is 2.26. The molecule has 0 bridgehead atoms. The second-order valence-electron chi connectivity index (χ2n) is 8.04. The number of nitrogens with zero attached hydrogens (tertiary/aromatic N) is 4. The maximum Gasteiger partial charge on any atom is 0.180 e. The molecule has 3 aromatic rings. The lowest BCUT2D eigenvalue weighted by atomic mass is 9.81.